The Bertz CT molecular complexity index is 2890. The molecule has 5 aromatic carbocycles. The zero-order valence-electron chi connectivity index (χ0n) is 30.2. The van der Waals surface area contributed by atoms with Crippen molar-refractivity contribution < 1.29 is 0 Å². The Hall–Kier alpha value is -7.70. The van der Waals surface area contributed by atoms with E-state index in [0.717, 1.165) is 100 Å². The van der Waals surface area contributed by atoms with Gasteiger partial charge in [0.2, 0.25) is 0 Å². The highest BCUT2D eigenvalue weighted by molar-refractivity contribution is 6.21. The van der Waals surface area contributed by atoms with Gasteiger partial charge in [-0.05, 0) is 64.7 Å². The number of aromatic nitrogens is 6. The molecule has 0 atom stereocenters. The molecule has 6 heteroatoms. The maximum absolute atomic E-state index is 5.44. The van der Waals surface area contributed by atoms with Crippen molar-refractivity contribution in [2.75, 3.05) is 0 Å². The molecule has 0 aliphatic heterocycles. The van der Waals surface area contributed by atoms with E-state index in [2.05, 4.69) is 167 Å². The van der Waals surface area contributed by atoms with Crippen LogP contribution in [0.4, 0.5) is 0 Å². The molecule has 6 heterocycles. The third-order valence-electron chi connectivity index (χ3n) is 10.6. The van der Waals surface area contributed by atoms with E-state index in [4.69, 9.17) is 19.9 Å². The van der Waals surface area contributed by atoms with Gasteiger partial charge in [-0.1, -0.05) is 140 Å². The Kier molecular flexibility index (Phi) is 7.38. The van der Waals surface area contributed by atoms with Gasteiger partial charge in [-0.2, -0.15) is 0 Å². The predicted molar refractivity (Wildman–Crippen MR) is 228 cm³/mol. The topological polar surface area (TPSA) is 61.4 Å². The molecule has 0 aliphatic carbocycles. The molecule has 0 radical (unpaired) electrons. The minimum absolute atomic E-state index is 0.778. The quantitative estimate of drug-likeness (QED) is 0.172. The Balaban J connectivity index is 1.29. The van der Waals surface area contributed by atoms with E-state index < -0.39 is 0 Å². The smallest absolute Gasteiger partial charge is 0.139 e. The largest absolute Gasteiger partial charge is 0.291 e. The lowest BCUT2D eigenvalue weighted by Gasteiger charge is -2.15. The van der Waals surface area contributed by atoms with Crippen LogP contribution in [0.15, 0.2) is 194 Å². The summed E-state index contributed by atoms with van der Waals surface area (Å²) in [5, 5.41) is 2.11. The maximum Gasteiger partial charge on any atom is 0.139 e. The van der Waals surface area contributed by atoms with Gasteiger partial charge < -0.3 is 0 Å². The Morgan fingerprint density at radius 3 is 1.39 bits per heavy atom. The summed E-state index contributed by atoms with van der Waals surface area (Å²) in [6.07, 6.45) is 3.84. The van der Waals surface area contributed by atoms with Crippen molar-refractivity contribution >= 4 is 43.9 Å². The first kappa shape index (κ1) is 31.8. The van der Waals surface area contributed by atoms with Crippen LogP contribution in [0.1, 0.15) is 0 Å². The number of para-hydroxylation sites is 1. The summed E-state index contributed by atoms with van der Waals surface area (Å²) < 4.78 is 4.56. The highest BCUT2D eigenvalue weighted by atomic mass is 15.1. The molecule has 6 aromatic heterocycles. The van der Waals surface area contributed by atoms with Crippen molar-refractivity contribution in [3.8, 4) is 56.4 Å². The minimum Gasteiger partial charge on any atom is -0.291 e. The molecule has 6 nitrogen and oxygen atoms in total. The second-order valence-electron chi connectivity index (χ2n) is 13.9. The van der Waals surface area contributed by atoms with Crippen molar-refractivity contribution in [3.63, 3.8) is 0 Å². The summed E-state index contributed by atoms with van der Waals surface area (Å²) in [4.78, 5) is 21.0. The summed E-state index contributed by atoms with van der Waals surface area (Å²) in [5.41, 5.74) is 13.7. The van der Waals surface area contributed by atoms with Crippen LogP contribution in [0.2, 0.25) is 0 Å². The van der Waals surface area contributed by atoms with Crippen molar-refractivity contribution in [3.05, 3.63) is 194 Å². The summed E-state index contributed by atoms with van der Waals surface area (Å²) in [5.74, 6) is 1.59. The third-order valence-corrected chi connectivity index (χ3v) is 10.6. The van der Waals surface area contributed by atoms with Crippen LogP contribution >= 0.6 is 0 Å². The van der Waals surface area contributed by atoms with Crippen LogP contribution in [0, 0.1) is 0 Å². The first-order valence-electron chi connectivity index (χ1n) is 18.7. The summed E-state index contributed by atoms with van der Waals surface area (Å²) in [6, 6.07) is 63.2. The van der Waals surface area contributed by atoms with Crippen molar-refractivity contribution in [2.45, 2.75) is 0 Å². The highest BCUT2D eigenvalue weighted by Gasteiger charge is 2.25. The summed E-state index contributed by atoms with van der Waals surface area (Å²) in [6.45, 7) is 0. The van der Waals surface area contributed by atoms with Crippen LogP contribution in [-0.2, 0) is 0 Å². The average Bonchev–Trinajstić information content (AvgIpc) is 3.81. The summed E-state index contributed by atoms with van der Waals surface area (Å²) in [7, 11) is 0. The number of pyridine rings is 4. The van der Waals surface area contributed by atoms with Gasteiger partial charge in [0.15, 0.2) is 0 Å². The number of rotatable bonds is 6. The highest BCUT2D eigenvalue weighted by Crippen LogP contribution is 2.41. The van der Waals surface area contributed by atoms with Gasteiger partial charge in [0.25, 0.3) is 0 Å². The van der Waals surface area contributed by atoms with Crippen molar-refractivity contribution in [1.29, 1.82) is 0 Å². The minimum atomic E-state index is 0.778. The number of hydrogen-bond acceptors (Lipinski definition) is 4. The van der Waals surface area contributed by atoms with E-state index in [1.54, 1.807) is 0 Å². The fourth-order valence-corrected chi connectivity index (χ4v) is 8.04. The van der Waals surface area contributed by atoms with Gasteiger partial charge in [0.1, 0.15) is 28.2 Å². The third kappa shape index (κ3) is 5.19. The first-order chi connectivity index (χ1) is 27.8. The van der Waals surface area contributed by atoms with Gasteiger partial charge in [-0.15, -0.1) is 0 Å². The van der Waals surface area contributed by atoms with E-state index in [9.17, 15) is 0 Å². The van der Waals surface area contributed by atoms with Gasteiger partial charge in [-0.25, -0.2) is 9.97 Å². The molecule has 0 amide bonds. The zero-order chi connectivity index (χ0) is 37.0. The number of hydrogen-bond donors (Lipinski definition) is 0. The number of benzene rings is 5. The van der Waals surface area contributed by atoms with E-state index >= 15 is 0 Å². The van der Waals surface area contributed by atoms with Crippen LogP contribution < -0.4 is 0 Å². The lowest BCUT2D eigenvalue weighted by Crippen LogP contribution is -2.04. The molecule has 0 spiro atoms. The summed E-state index contributed by atoms with van der Waals surface area (Å²) >= 11 is 0. The van der Waals surface area contributed by atoms with Gasteiger partial charge in [0, 0.05) is 34.3 Å². The molecule has 0 fully saturated rings. The van der Waals surface area contributed by atoms with E-state index in [0.29, 0.717) is 0 Å². The monoisotopic (exact) mass is 716 g/mol. The van der Waals surface area contributed by atoms with Crippen LogP contribution in [-0.4, -0.2) is 29.1 Å². The standard InChI is InChI=1S/C50H32N6/c1-5-16-33(17-6-1)37-28-41(35-20-9-3-10-21-35)53-45(30-37)55-43-25-14-13-24-39(43)40-32-52-48-47-44(26-15-27-51-47)56(50(48)49(40)55)46-31-38(34-18-7-2-8-19-34)29-42(54-46)36-22-11-4-12-23-36/h1-32H. The lowest BCUT2D eigenvalue weighted by atomic mass is 10.0. The molecule has 11 aromatic rings. The van der Waals surface area contributed by atoms with Gasteiger partial charge >= 0.3 is 0 Å². The van der Waals surface area contributed by atoms with Gasteiger partial charge in [-0.3, -0.25) is 19.1 Å². The maximum atomic E-state index is 5.44. The molecule has 0 bridgehead atoms. The molecule has 0 N–H and O–H groups in total. The fraction of sp³-hybridized carbons (Fsp3) is 0. The molecule has 0 saturated carbocycles. The molecular formula is C50H32N6. The normalized spacial score (nSPS) is 11.6. The number of fused-ring (bicyclic) bond motifs is 7. The molecule has 0 unspecified atom stereocenters. The fourth-order valence-electron chi connectivity index (χ4n) is 8.04. The molecule has 0 saturated heterocycles. The van der Waals surface area contributed by atoms with Crippen LogP contribution in [0.5, 0.6) is 0 Å². The van der Waals surface area contributed by atoms with E-state index in [1.807, 2.05) is 36.7 Å². The second kappa shape index (κ2) is 13.0. The van der Waals surface area contributed by atoms with Crippen molar-refractivity contribution in [2.24, 2.45) is 0 Å². The first-order valence-corrected chi connectivity index (χ1v) is 18.7. The number of nitrogens with zero attached hydrogens (tertiary/aromatic N) is 6. The van der Waals surface area contributed by atoms with Crippen LogP contribution in [0.25, 0.3) is 100 Å². The molecular weight excluding hydrogens is 685 g/mol. The molecule has 0 aliphatic rings. The molecule has 262 valence electrons. The Morgan fingerprint density at radius 1 is 0.339 bits per heavy atom. The molecule has 56 heavy (non-hydrogen) atoms. The lowest BCUT2D eigenvalue weighted by molar-refractivity contribution is 1.06. The Labute approximate surface area is 322 Å². The van der Waals surface area contributed by atoms with E-state index in [1.165, 1.54) is 0 Å². The predicted octanol–water partition coefficient (Wildman–Crippen LogP) is 12.1. The Morgan fingerprint density at radius 2 is 0.821 bits per heavy atom. The SMILES string of the molecule is c1ccc(-c2cc(-c3ccccc3)nc(-n3c4ccccc4c4cnc5c6ncccc6n(-c6cc(-c7ccccc7)cc(-c7ccccc7)n6)c5c43)c2)cc1. The van der Waals surface area contributed by atoms with Crippen LogP contribution in [0.3, 0.4) is 0 Å². The van der Waals surface area contributed by atoms with E-state index in [-0.39, 0.29) is 0 Å². The average molecular weight is 717 g/mol. The second-order valence-corrected chi connectivity index (χ2v) is 13.9. The molecule has 11 rings (SSSR count). The zero-order valence-corrected chi connectivity index (χ0v) is 30.2. The van der Waals surface area contributed by atoms with Crippen molar-refractivity contribution in [1.82, 2.24) is 29.1 Å². The van der Waals surface area contributed by atoms with Gasteiger partial charge in [0.05, 0.1) is 27.9 Å².